The van der Waals surface area contributed by atoms with Crippen molar-refractivity contribution in [2.45, 2.75) is 19.0 Å². The Bertz CT molecular complexity index is 526. The first kappa shape index (κ1) is 15.9. The van der Waals surface area contributed by atoms with Crippen LogP contribution in [0.5, 0.6) is 5.75 Å². The third-order valence-electron chi connectivity index (χ3n) is 2.01. The van der Waals surface area contributed by atoms with Gasteiger partial charge in [0.05, 0.1) is 18.3 Å². The number of ether oxygens (including phenoxy) is 1. The van der Waals surface area contributed by atoms with Gasteiger partial charge in [0, 0.05) is 5.56 Å². The van der Waals surface area contributed by atoms with Crippen LogP contribution in [0.1, 0.15) is 11.3 Å². The fourth-order valence-electron chi connectivity index (χ4n) is 1.33. The van der Waals surface area contributed by atoms with Crippen LogP contribution in [0, 0.1) is 0 Å². The van der Waals surface area contributed by atoms with Crippen LogP contribution in [0.25, 0.3) is 0 Å². The fraction of sp³-hybridized carbons (Fsp3) is 0.333. The van der Waals surface area contributed by atoms with E-state index in [4.69, 9.17) is 10.8 Å². The van der Waals surface area contributed by atoms with Crippen LogP contribution in [-0.2, 0) is 17.4 Å². The van der Waals surface area contributed by atoms with Gasteiger partial charge in [0.15, 0.2) is 11.4 Å². The minimum absolute atomic E-state index is 0.136. The number of nitrogens with two attached hydrogens (primary N) is 1. The van der Waals surface area contributed by atoms with Gasteiger partial charge in [0.2, 0.25) is 0 Å². The Labute approximate surface area is 107 Å². The summed E-state index contributed by atoms with van der Waals surface area (Å²) in [4.78, 5) is 13.2. The smallest absolute Gasteiger partial charge is 0.481 e. The monoisotopic (exact) mass is 304 g/mol. The number of carbonyl (C=O) groups is 1. The van der Waals surface area contributed by atoms with Crippen LogP contribution in [-0.4, -0.2) is 22.4 Å². The van der Waals surface area contributed by atoms with E-state index in [1.807, 2.05) is 0 Å². The largest absolute Gasteiger partial charge is 0.573 e. The second kappa shape index (κ2) is 5.06. The van der Waals surface area contributed by atoms with Crippen molar-refractivity contribution in [1.29, 1.82) is 0 Å². The molecule has 0 aliphatic rings. The molecule has 0 aromatic carbocycles. The minimum atomic E-state index is -5.20. The van der Waals surface area contributed by atoms with Crippen molar-refractivity contribution in [2.75, 3.05) is 5.73 Å². The quantitative estimate of drug-likeness (QED) is 0.836. The molecule has 0 spiro atoms. The summed E-state index contributed by atoms with van der Waals surface area (Å²) >= 11 is 0. The number of hydrogen-bond acceptors (Lipinski definition) is 4. The number of hydrogen-bond donors (Lipinski definition) is 2. The van der Waals surface area contributed by atoms with Crippen LogP contribution < -0.4 is 10.5 Å². The number of aromatic nitrogens is 1. The molecule has 0 unspecified atom stereocenters. The normalized spacial score (nSPS) is 12.3. The number of aliphatic carboxylic acids is 1. The van der Waals surface area contributed by atoms with Gasteiger partial charge in [-0.25, -0.2) is 4.98 Å². The van der Waals surface area contributed by atoms with E-state index >= 15 is 0 Å². The molecule has 0 saturated carbocycles. The number of nitrogens with zero attached hydrogens (tertiary/aromatic N) is 1. The van der Waals surface area contributed by atoms with Crippen LogP contribution in [0.2, 0.25) is 0 Å². The summed E-state index contributed by atoms with van der Waals surface area (Å²) in [6.07, 6.45) is -11.4. The summed E-state index contributed by atoms with van der Waals surface area (Å²) in [5.74, 6) is -2.91. The molecule has 0 aliphatic heterocycles. The highest BCUT2D eigenvalue weighted by atomic mass is 19.4. The molecule has 1 aromatic heterocycles. The topological polar surface area (TPSA) is 85.4 Å². The molecule has 0 aliphatic carbocycles. The van der Waals surface area contributed by atoms with Gasteiger partial charge in [-0.3, -0.25) is 4.79 Å². The van der Waals surface area contributed by atoms with Gasteiger partial charge >= 0.3 is 18.5 Å². The molecule has 11 heteroatoms. The van der Waals surface area contributed by atoms with E-state index in [2.05, 4.69) is 9.72 Å². The Morgan fingerprint density at radius 3 is 2.25 bits per heavy atom. The standard InChI is InChI=1S/C9H6F6N2O3/c10-8(11,12)7-3(1-5(18)19)6(16)4(2-17-7)20-9(13,14)15/h2H,1H2,(H2,16,17)(H,18,19). The molecule has 0 atom stereocenters. The van der Waals surface area contributed by atoms with Gasteiger partial charge < -0.3 is 15.6 Å². The van der Waals surface area contributed by atoms with Crippen LogP contribution >= 0.6 is 0 Å². The molecule has 112 valence electrons. The highest BCUT2D eigenvalue weighted by Gasteiger charge is 2.39. The molecule has 1 rings (SSSR count). The Balaban J connectivity index is 3.39. The SMILES string of the molecule is Nc1c(OC(F)(F)F)cnc(C(F)(F)F)c1CC(=O)O. The molecule has 0 fully saturated rings. The third kappa shape index (κ3) is 3.90. The highest BCUT2D eigenvalue weighted by Crippen LogP contribution is 2.38. The number of nitrogen functional groups attached to an aromatic ring is 1. The fourth-order valence-corrected chi connectivity index (χ4v) is 1.33. The molecule has 20 heavy (non-hydrogen) atoms. The lowest BCUT2D eigenvalue weighted by Gasteiger charge is -2.16. The Morgan fingerprint density at radius 2 is 1.85 bits per heavy atom. The van der Waals surface area contributed by atoms with E-state index in [9.17, 15) is 31.1 Å². The molecule has 1 heterocycles. The maximum Gasteiger partial charge on any atom is 0.573 e. The number of alkyl halides is 6. The summed E-state index contributed by atoms with van der Waals surface area (Å²) in [7, 11) is 0. The molecule has 3 N–H and O–H groups in total. The van der Waals surface area contributed by atoms with Crippen molar-refractivity contribution >= 4 is 11.7 Å². The number of halogens is 6. The van der Waals surface area contributed by atoms with Crippen LogP contribution in [0.3, 0.4) is 0 Å². The first-order valence-electron chi connectivity index (χ1n) is 4.74. The second-order valence-electron chi connectivity index (χ2n) is 3.48. The van der Waals surface area contributed by atoms with Gasteiger partial charge in [0.1, 0.15) is 0 Å². The zero-order chi connectivity index (χ0) is 15.7. The summed E-state index contributed by atoms with van der Waals surface area (Å²) < 4.78 is 77.1. The minimum Gasteiger partial charge on any atom is -0.481 e. The second-order valence-corrected chi connectivity index (χ2v) is 3.48. The Hall–Kier alpha value is -2.20. The maximum atomic E-state index is 12.6. The molecule has 1 aromatic rings. The average molecular weight is 304 g/mol. The van der Waals surface area contributed by atoms with E-state index < -0.39 is 47.6 Å². The molecule has 0 bridgehead atoms. The van der Waals surface area contributed by atoms with Crippen molar-refractivity contribution in [3.63, 3.8) is 0 Å². The lowest BCUT2D eigenvalue weighted by atomic mass is 10.1. The van der Waals surface area contributed by atoms with Gasteiger partial charge in [-0.2, -0.15) is 13.2 Å². The van der Waals surface area contributed by atoms with Gasteiger partial charge in [0.25, 0.3) is 0 Å². The number of carboxylic acids is 1. The molecule has 0 saturated heterocycles. The van der Waals surface area contributed by atoms with Crippen molar-refractivity contribution in [3.05, 3.63) is 17.5 Å². The maximum absolute atomic E-state index is 12.6. The van der Waals surface area contributed by atoms with E-state index in [1.54, 1.807) is 0 Å². The molecule has 0 radical (unpaired) electrons. The van der Waals surface area contributed by atoms with E-state index in [1.165, 1.54) is 0 Å². The molecular formula is C9H6F6N2O3. The van der Waals surface area contributed by atoms with E-state index in [-0.39, 0.29) is 6.20 Å². The molecule has 0 amide bonds. The Morgan fingerprint density at radius 1 is 1.30 bits per heavy atom. The number of carboxylic acid groups (broad SMARTS) is 1. The number of rotatable bonds is 3. The highest BCUT2D eigenvalue weighted by molar-refractivity contribution is 5.75. The zero-order valence-corrected chi connectivity index (χ0v) is 9.34. The van der Waals surface area contributed by atoms with E-state index in [0.717, 1.165) is 0 Å². The number of pyridine rings is 1. The lowest BCUT2D eigenvalue weighted by Crippen LogP contribution is -2.21. The first-order valence-corrected chi connectivity index (χ1v) is 4.74. The van der Waals surface area contributed by atoms with Crippen LogP contribution in [0.15, 0.2) is 6.20 Å². The predicted octanol–water partition coefficient (Wildman–Crippen LogP) is 2.21. The summed E-state index contributed by atoms with van der Waals surface area (Å²) in [6, 6.07) is 0. The lowest BCUT2D eigenvalue weighted by molar-refractivity contribution is -0.274. The summed E-state index contributed by atoms with van der Waals surface area (Å²) in [6.45, 7) is 0. The van der Waals surface area contributed by atoms with Crippen molar-refractivity contribution in [2.24, 2.45) is 0 Å². The van der Waals surface area contributed by atoms with Crippen molar-refractivity contribution < 1.29 is 41.0 Å². The van der Waals surface area contributed by atoms with Crippen molar-refractivity contribution in [1.82, 2.24) is 4.98 Å². The molecular weight excluding hydrogens is 298 g/mol. The van der Waals surface area contributed by atoms with Gasteiger partial charge in [-0.05, 0) is 0 Å². The number of anilines is 1. The third-order valence-corrected chi connectivity index (χ3v) is 2.01. The average Bonchev–Trinajstić information content (AvgIpc) is 2.19. The summed E-state index contributed by atoms with van der Waals surface area (Å²) in [5, 5.41) is 8.49. The first-order chi connectivity index (χ1) is 8.92. The Kier molecular flexibility index (Phi) is 4.01. The van der Waals surface area contributed by atoms with Crippen molar-refractivity contribution in [3.8, 4) is 5.75 Å². The van der Waals surface area contributed by atoms with Crippen LogP contribution in [0.4, 0.5) is 32.0 Å². The van der Waals surface area contributed by atoms with E-state index in [0.29, 0.717) is 0 Å². The zero-order valence-electron chi connectivity index (χ0n) is 9.34. The summed E-state index contributed by atoms with van der Waals surface area (Å²) in [5.41, 5.74) is 1.27. The predicted molar refractivity (Wildman–Crippen MR) is 51.7 cm³/mol. The van der Waals surface area contributed by atoms with Gasteiger partial charge in [-0.15, -0.1) is 13.2 Å². The molecule has 5 nitrogen and oxygen atoms in total. The van der Waals surface area contributed by atoms with Gasteiger partial charge in [-0.1, -0.05) is 0 Å².